The molecule has 0 heterocycles. The smallest absolute Gasteiger partial charge is 0.143 e. The van der Waals surface area contributed by atoms with E-state index in [1.54, 1.807) is 0 Å². The zero-order valence-corrected chi connectivity index (χ0v) is 13.7. The van der Waals surface area contributed by atoms with Gasteiger partial charge >= 0.3 is 0 Å². The average molecular weight is 288 g/mol. The zero-order valence-electron chi connectivity index (χ0n) is 13.7. The van der Waals surface area contributed by atoms with E-state index in [-0.39, 0.29) is 6.79 Å². The van der Waals surface area contributed by atoms with E-state index < -0.39 is 0 Å². The van der Waals surface area contributed by atoms with Crippen LogP contribution in [-0.2, 0) is 11.2 Å². The molecule has 116 valence electrons. The Balaban J connectivity index is 0.000000579. The van der Waals surface area contributed by atoms with Crippen molar-refractivity contribution in [2.45, 2.75) is 33.6 Å². The van der Waals surface area contributed by atoms with Crippen LogP contribution in [0, 0.1) is 0 Å². The Morgan fingerprint density at radius 2 is 1.33 bits per heavy atom. The van der Waals surface area contributed by atoms with E-state index in [2.05, 4.69) is 66.3 Å². The lowest BCUT2D eigenvalue weighted by molar-refractivity contribution is 0.0325. The second-order valence-corrected chi connectivity index (χ2v) is 4.23. The van der Waals surface area contributed by atoms with Gasteiger partial charge in [0.05, 0.1) is 0 Å². The molecule has 0 saturated heterocycles. The second-order valence-electron chi connectivity index (χ2n) is 4.23. The summed E-state index contributed by atoms with van der Waals surface area (Å²) in [6, 6.07) is 19.4. The third-order valence-corrected chi connectivity index (χ3v) is 2.73. The van der Waals surface area contributed by atoms with Crippen LogP contribution in [0.1, 0.15) is 32.8 Å². The molecule has 0 aliphatic carbocycles. The van der Waals surface area contributed by atoms with E-state index in [0.29, 0.717) is 0 Å². The summed E-state index contributed by atoms with van der Waals surface area (Å²) in [5, 5.41) is 7.65. The minimum absolute atomic E-state index is 0.181. The number of hydrogen-bond acceptors (Lipinski definition) is 2. The van der Waals surface area contributed by atoms with Gasteiger partial charge in [0.2, 0.25) is 0 Å². The van der Waals surface area contributed by atoms with Crippen LogP contribution in [0.3, 0.4) is 0 Å². The van der Waals surface area contributed by atoms with E-state index in [9.17, 15) is 0 Å². The monoisotopic (exact) mass is 288 g/mol. The molecular weight excluding hydrogens is 260 g/mol. The molecule has 2 rings (SSSR count). The quantitative estimate of drug-likeness (QED) is 0.810. The topological polar surface area (TPSA) is 29.5 Å². The Hall–Kier alpha value is -1.64. The summed E-state index contributed by atoms with van der Waals surface area (Å²) in [5.74, 6) is 0. The van der Waals surface area contributed by atoms with E-state index in [1.165, 1.54) is 36.6 Å². The van der Waals surface area contributed by atoms with E-state index in [4.69, 9.17) is 5.11 Å². The SMILES string of the molecule is CC.CCCc1ccc(-c2ccccc2)cc1.COCO. The largest absolute Gasteiger partial charge is 0.371 e. The van der Waals surface area contributed by atoms with Crippen LogP contribution in [0.15, 0.2) is 54.6 Å². The molecule has 0 saturated carbocycles. The molecule has 1 N–H and O–H groups in total. The lowest BCUT2D eigenvalue weighted by atomic mass is 10.0. The van der Waals surface area contributed by atoms with E-state index in [0.717, 1.165) is 0 Å². The molecular formula is C19H28O2. The fraction of sp³-hybridized carbons (Fsp3) is 0.368. The van der Waals surface area contributed by atoms with Crippen molar-refractivity contribution in [2.24, 2.45) is 0 Å². The second kappa shape index (κ2) is 13.3. The molecule has 21 heavy (non-hydrogen) atoms. The Kier molecular flexibility index (Phi) is 12.3. The predicted molar refractivity (Wildman–Crippen MR) is 91.3 cm³/mol. The first kappa shape index (κ1) is 19.4. The van der Waals surface area contributed by atoms with Gasteiger partial charge in [0, 0.05) is 7.11 Å². The molecule has 2 nitrogen and oxygen atoms in total. The highest BCUT2D eigenvalue weighted by atomic mass is 16.6. The van der Waals surface area contributed by atoms with Gasteiger partial charge < -0.3 is 9.84 Å². The standard InChI is InChI=1S/C15H16.C2H6O2.C2H6/c1-2-6-13-9-11-15(12-10-13)14-7-4-3-5-8-14;1-4-2-3;1-2/h3-5,7-12H,2,6H2,1H3;3H,2H2,1H3;1-2H3. The van der Waals surface area contributed by atoms with Gasteiger partial charge in [-0.05, 0) is 23.1 Å². The number of benzene rings is 2. The van der Waals surface area contributed by atoms with Crippen LogP contribution < -0.4 is 0 Å². The van der Waals surface area contributed by atoms with Crippen LogP contribution in [-0.4, -0.2) is 19.0 Å². The Bertz CT molecular complexity index is 433. The van der Waals surface area contributed by atoms with Crippen LogP contribution in [0.5, 0.6) is 0 Å². The van der Waals surface area contributed by atoms with Gasteiger partial charge in [-0.2, -0.15) is 0 Å². The van der Waals surface area contributed by atoms with Crippen LogP contribution in [0.25, 0.3) is 11.1 Å². The molecule has 0 fully saturated rings. The molecule has 0 spiro atoms. The van der Waals surface area contributed by atoms with Crippen molar-refractivity contribution in [2.75, 3.05) is 13.9 Å². The Labute approximate surface area is 129 Å². The molecule has 0 aliphatic heterocycles. The summed E-state index contributed by atoms with van der Waals surface area (Å²) in [7, 11) is 1.43. The molecule has 0 unspecified atom stereocenters. The summed E-state index contributed by atoms with van der Waals surface area (Å²) in [4.78, 5) is 0. The highest BCUT2D eigenvalue weighted by Gasteiger charge is 1.96. The highest BCUT2D eigenvalue weighted by molar-refractivity contribution is 5.63. The molecule has 0 bridgehead atoms. The number of aryl methyl sites for hydroxylation is 1. The lowest BCUT2D eigenvalue weighted by Crippen LogP contribution is -1.83. The average Bonchev–Trinajstić information content (AvgIpc) is 2.59. The number of hydrogen-bond donors (Lipinski definition) is 1. The third kappa shape index (κ3) is 8.28. The number of aliphatic hydroxyl groups excluding tert-OH is 1. The van der Waals surface area contributed by atoms with Gasteiger partial charge in [0.15, 0.2) is 0 Å². The molecule has 0 aromatic heterocycles. The summed E-state index contributed by atoms with van der Waals surface area (Å²) in [5.41, 5.74) is 4.02. The maximum atomic E-state index is 7.65. The highest BCUT2D eigenvalue weighted by Crippen LogP contribution is 2.19. The summed E-state index contributed by atoms with van der Waals surface area (Å²) in [6.07, 6.45) is 2.39. The molecule has 2 aromatic rings. The van der Waals surface area contributed by atoms with Gasteiger partial charge in [-0.25, -0.2) is 0 Å². The normalized spacial score (nSPS) is 9.00. The summed E-state index contributed by atoms with van der Waals surface area (Å²) in [6.45, 7) is 6.03. The number of ether oxygens (including phenoxy) is 1. The minimum Gasteiger partial charge on any atom is -0.371 e. The molecule has 2 aromatic carbocycles. The van der Waals surface area contributed by atoms with Crippen molar-refractivity contribution in [1.82, 2.24) is 0 Å². The van der Waals surface area contributed by atoms with Crippen molar-refractivity contribution in [3.63, 3.8) is 0 Å². The Morgan fingerprint density at radius 1 is 0.857 bits per heavy atom. The molecule has 2 heteroatoms. The van der Waals surface area contributed by atoms with Crippen molar-refractivity contribution >= 4 is 0 Å². The first-order valence-corrected chi connectivity index (χ1v) is 7.56. The lowest BCUT2D eigenvalue weighted by Gasteiger charge is -2.03. The Morgan fingerprint density at radius 3 is 1.76 bits per heavy atom. The first-order chi connectivity index (χ1) is 10.3. The fourth-order valence-electron chi connectivity index (χ4n) is 1.78. The predicted octanol–water partition coefficient (Wildman–Crippen LogP) is 4.91. The van der Waals surface area contributed by atoms with Gasteiger partial charge in [-0.15, -0.1) is 0 Å². The van der Waals surface area contributed by atoms with Gasteiger partial charge in [-0.3, -0.25) is 0 Å². The molecule has 0 amide bonds. The van der Waals surface area contributed by atoms with Crippen molar-refractivity contribution < 1.29 is 9.84 Å². The third-order valence-electron chi connectivity index (χ3n) is 2.73. The van der Waals surface area contributed by atoms with Crippen molar-refractivity contribution in [3.05, 3.63) is 60.2 Å². The maximum Gasteiger partial charge on any atom is 0.143 e. The van der Waals surface area contributed by atoms with Crippen LogP contribution in [0.2, 0.25) is 0 Å². The molecule has 0 radical (unpaired) electrons. The first-order valence-electron chi connectivity index (χ1n) is 7.56. The maximum absolute atomic E-state index is 7.65. The number of aliphatic hydroxyl groups is 1. The molecule has 0 aliphatic rings. The van der Waals surface area contributed by atoms with Crippen LogP contribution >= 0.6 is 0 Å². The summed E-state index contributed by atoms with van der Waals surface area (Å²) < 4.78 is 4.10. The number of methoxy groups -OCH3 is 1. The van der Waals surface area contributed by atoms with Gasteiger partial charge in [0.1, 0.15) is 6.79 Å². The van der Waals surface area contributed by atoms with E-state index >= 15 is 0 Å². The van der Waals surface area contributed by atoms with E-state index in [1.807, 2.05) is 13.8 Å². The summed E-state index contributed by atoms with van der Waals surface area (Å²) >= 11 is 0. The van der Waals surface area contributed by atoms with Crippen LogP contribution in [0.4, 0.5) is 0 Å². The van der Waals surface area contributed by atoms with Gasteiger partial charge in [-0.1, -0.05) is 81.8 Å². The van der Waals surface area contributed by atoms with Crippen molar-refractivity contribution in [1.29, 1.82) is 0 Å². The fourth-order valence-corrected chi connectivity index (χ4v) is 1.78. The zero-order chi connectivity index (χ0) is 15.9. The van der Waals surface area contributed by atoms with Gasteiger partial charge in [0.25, 0.3) is 0 Å². The van der Waals surface area contributed by atoms with Crippen molar-refractivity contribution in [3.8, 4) is 11.1 Å². The number of rotatable bonds is 4. The minimum atomic E-state index is -0.181. The molecule has 0 atom stereocenters.